The van der Waals surface area contributed by atoms with Crippen LogP contribution in [-0.4, -0.2) is 57.2 Å². The number of rotatable bonds is 5. The first-order chi connectivity index (χ1) is 13.6. The van der Waals surface area contributed by atoms with Crippen molar-refractivity contribution in [2.24, 2.45) is 0 Å². The van der Waals surface area contributed by atoms with Crippen molar-refractivity contribution in [2.75, 3.05) is 42.9 Å². The number of nitro groups is 1. The number of hydrogen-bond donors (Lipinski definition) is 1. The van der Waals surface area contributed by atoms with Gasteiger partial charge in [-0.05, 0) is 24.3 Å². The van der Waals surface area contributed by atoms with Crippen molar-refractivity contribution >= 4 is 45.7 Å². The maximum Gasteiger partial charge on any atom is 0.269 e. The van der Waals surface area contributed by atoms with E-state index < -0.39 is 4.92 Å². The van der Waals surface area contributed by atoms with Gasteiger partial charge in [-0.3, -0.25) is 19.8 Å². The molecule has 10 heteroatoms. The SMILES string of the molecule is O=C(CN1CCN(c2ccc([N+](=O)[O-])cc2)CC1)Nc1cccc2nsnc12. The highest BCUT2D eigenvalue weighted by Gasteiger charge is 2.20. The summed E-state index contributed by atoms with van der Waals surface area (Å²) in [6.45, 7) is 3.31. The van der Waals surface area contributed by atoms with Crippen molar-refractivity contribution in [3.63, 3.8) is 0 Å². The van der Waals surface area contributed by atoms with Gasteiger partial charge in [-0.15, -0.1) is 0 Å². The van der Waals surface area contributed by atoms with E-state index in [-0.39, 0.29) is 11.6 Å². The van der Waals surface area contributed by atoms with Crippen LogP contribution in [0.2, 0.25) is 0 Å². The predicted octanol–water partition coefficient (Wildman–Crippen LogP) is 2.36. The molecular weight excluding hydrogens is 380 g/mol. The van der Waals surface area contributed by atoms with E-state index in [2.05, 4.69) is 23.9 Å². The fraction of sp³-hybridized carbons (Fsp3) is 0.278. The Bertz CT molecular complexity index is 998. The van der Waals surface area contributed by atoms with Gasteiger partial charge in [-0.2, -0.15) is 8.75 Å². The molecule has 1 aromatic heterocycles. The maximum absolute atomic E-state index is 12.4. The minimum atomic E-state index is -0.400. The molecule has 1 N–H and O–H groups in total. The quantitative estimate of drug-likeness (QED) is 0.520. The number of non-ortho nitro benzene ring substituents is 1. The van der Waals surface area contributed by atoms with E-state index in [1.807, 2.05) is 18.2 Å². The number of fused-ring (bicyclic) bond motifs is 1. The van der Waals surface area contributed by atoms with Gasteiger partial charge in [0.1, 0.15) is 11.0 Å². The summed E-state index contributed by atoms with van der Waals surface area (Å²) in [5.74, 6) is -0.0794. The first-order valence-electron chi connectivity index (χ1n) is 8.83. The molecule has 3 aromatic rings. The highest BCUT2D eigenvalue weighted by atomic mass is 32.1. The second kappa shape index (κ2) is 7.87. The van der Waals surface area contributed by atoms with E-state index in [9.17, 15) is 14.9 Å². The number of amides is 1. The smallest absolute Gasteiger partial charge is 0.269 e. The molecule has 0 aliphatic carbocycles. The summed E-state index contributed by atoms with van der Waals surface area (Å²) in [4.78, 5) is 27.0. The topological polar surface area (TPSA) is 104 Å². The van der Waals surface area contributed by atoms with Gasteiger partial charge in [-0.25, -0.2) is 0 Å². The molecule has 9 nitrogen and oxygen atoms in total. The molecule has 0 saturated carbocycles. The Hall–Kier alpha value is -3.11. The van der Waals surface area contributed by atoms with Crippen molar-refractivity contribution in [1.82, 2.24) is 13.6 Å². The largest absolute Gasteiger partial charge is 0.369 e. The van der Waals surface area contributed by atoms with Gasteiger partial charge in [0.05, 0.1) is 28.9 Å². The zero-order chi connectivity index (χ0) is 19.5. The third-order valence-electron chi connectivity index (χ3n) is 4.73. The van der Waals surface area contributed by atoms with Crippen LogP contribution >= 0.6 is 11.7 Å². The molecule has 0 radical (unpaired) electrons. The van der Waals surface area contributed by atoms with Crippen LogP contribution in [0, 0.1) is 10.1 Å². The van der Waals surface area contributed by atoms with Gasteiger partial charge >= 0.3 is 0 Å². The first-order valence-corrected chi connectivity index (χ1v) is 9.56. The van der Waals surface area contributed by atoms with E-state index in [0.717, 1.165) is 49.1 Å². The fourth-order valence-electron chi connectivity index (χ4n) is 3.25. The molecule has 2 aromatic carbocycles. The molecule has 0 bridgehead atoms. The Morgan fingerprint density at radius 2 is 1.86 bits per heavy atom. The summed E-state index contributed by atoms with van der Waals surface area (Å²) in [7, 11) is 0. The van der Waals surface area contributed by atoms with Crippen molar-refractivity contribution in [3.8, 4) is 0 Å². The third-order valence-corrected chi connectivity index (χ3v) is 5.27. The van der Waals surface area contributed by atoms with Crippen molar-refractivity contribution in [1.29, 1.82) is 0 Å². The van der Waals surface area contributed by atoms with Crippen LogP contribution in [0.4, 0.5) is 17.1 Å². The first kappa shape index (κ1) is 18.3. The number of hydrogen-bond acceptors (Lipinski definition) is 8. The molecule has 144 valence electrons. The molecular formula is C18H18N6O3S. The monoisotopic (exact) mass is 398 g/mol. The molecule has 1 aliphatic rings. The molecule has 1 fully saturated rings. The van der Waals surface area contributed by atoms with Gasteiger partial charge in [0.2, 0.25) is 5.91 Å². The predicted molar refractivity (Wildman–Crippen MR) is 108 cm³/mol. The molecule has 2 heterocycles. The zero-order valence-corrected chi connectivity index (χ0v) is 15.8. The molecule has 28 heavy (non-hydrogen) atoms. The number of carbonyl (C=O) groups excluding carboxylic acids is 1. The van der Waals surface area contributed by atoms with E-state index >= 15 is 0 Å². The van der Waals surface area contributed by atoms with Gasteiger partial charge in [0, 0.05) is 44.0 Å². The van der Waals surface area contributed by atoms with Gasteiger partial charge in [-0.1, -0.05) is 6.07 Å². The van der Waals surface area contributed by atoms with Crippen LogP contribution in [0.5, 0.6) is 0 Å². The molecule has 1 aliphatic heterocycles. The van der Waals surface area contributed by atoms with E-state index in [1.54, 1.807) is 12.1 Å². The third kappa shape index (κ3) is 3.92. The number of nitrogens with one attached hydrogen (secondary N) is 1. The number of benzene rings is 2. The lowest BCUT2D eigenvalue weighted by atomic mass is 10.2. The molecule has 1 amide bonds. The second-order valence-corrected chi connectivity index (χ2v) is 7.05. The van der Waals surface area contributed by atoms with Crippen molar-refractivity contribution in [3.05, 3.63) is 52.6 Å². The van der Waals surface area contributed by atoms with Crippen LogP contribution in [0.25, 0.3) is 11.0 Å². The highest BCUT2D eigenvalue weighted by molar-refractivity contribution is 7.00. The average Bonchev–Trinajstić information content (AvgIpc) is 3.18. The molecule has 4 rings (SSSR count). The van der Waals surface area contributed by atoms with Gasteiger partial charge < -0.3 is 10.2 Å². The summed E-state index contributed by atoms with van der Waals surface area (Å²) in [5, 5.41) is 13.7. The summed E-state index contributed by atoms with van der Waals surface area (Å²) < 4.78 is 8.41. The Morgan fingerprint density at radius 1 is 1.11 bits per heavy atom. The Balaban J connectivity index is 1.31. The number of nitro benzene ring substituents is 1. The van der Waals surface area contributed by atoms with Crippen LogP contribution in [0.15, 0.2) is 42.5 Å². The van der Waals surface area contributed by atoms with Crippen LogP contribution in [-0.2, 0) is 4.79 Å². The molecule has 0 unspecified atom stereocenters. The van der Waals surface area contributed by atoms with Gasteiger partial charge in [0.25, 0.3) is 5.69 Å². The Labute approximate surface area is 165 Å². The lowest BCUT2D eigenvalue weighted by Crippen LogP contribution is -2.48. The molecule has 1 saturated heterocycles. The van der Waals surface area contributed by atoms with Crippen LogP contribution in [0.1, 0.15) is 0 Å². The number of anilines is 2. The number of carbonyl (C=O) groups is 1. The minimum absolute atomic E-state index is 0.0794. The summed E-state index contributed by atoms with van der Waals surface area (Å²) in [6.07, 6.45) is 0. The normalized spacial score (nSPS) is 14.9. The average molecular weight is 398 g/mol. The zero-order valence-electron chi connectivity index (χ0n) is 14.9. The van der Waals surface area contributed by atoms with Crippen LogP contribution in [0.3, 0.4) is 0 Å². The highest BCUT2D eigenvalue weighted by Crippen LogP contribution is 2.22. The Kier molecular flexibility index (Phi) is 5.13. The number of piperazine rings is 1. The van der Waals surface area contributed by atoms with Crippen LogP contribution < -0.4 is 10.2 Å². The second-order valence-electron chi connectivity index (χ2n) is 6.52. The number of nitrogens with zero attached hydrogens (tertiary/aromatic N) is 5. The minimum Gasteiger partial charge on any atom is -0.369 e. The van der Waals surface area contributed by atoms with E-state index in [4.69, 9.17) is 0 Å². The standard InChI is InChI=1S/C18H18N6O3S/c25-17(19-15-2-1-3-16-18(15)21-28-20-16)12-22-8-10-23(11-9-22)13-4-6-14(7-5-13)24(26)27/h1-7H,8-12H2,(H,19,25). The molecule has 0 atom stereocenters. The van der Waals surface area contributed by atoms with Crippen molar-refractivity contribution < 1.29 is 9.72 Å². The van der Waals surface area contributed by atoms with Crippen molar-refractivity contribution in [2.45, 2.75) is 0 Å². The van der Waals surface area contributed by atoms with E-state index in [1.165, 1.54) is 12.1 Å². The summed E-state index contributed by atoms with van der Waals surface area (Å²) >= 11 is 1.13. The lowest BCUT2D eigenvalue weighted by molar-refractivity contribution is -0.384. The number of aromatic nitrogens is 2. The van der Waals surface area contributed by atoms with E-state index in [0.29, 0.717) is 17.7 Å². The van der Waals surface area contributed by atoms with Gasteiger partial charge in [0.15, 0.2) is 0 Å². The lowest BCUT2D eigenvalue weighted by Gasteiger charge is -2.35. The maximum atomic E-state index is 12.4. The summed E-state index contributed by atoms with van der Waals surface area (Å²) in [6, 6.07) is 12.1. The fourth-order valence-corrected chi connectivity index (χ4v) is 3.80. The summed E-state index contributed by atoms with van der Waals surface area (Å²) in [5.41, 5.74) is 3.21. The molecule has 0 spiro atoms. The Morgan fingerprint density at radius 3 is 2.57 bits per heavy atom.